The molecule has 0 unspecified atom stereocenters. The molecule has 1 aliphatic heterocycles. The number of ether oxygens (including phenoxy) is 1. The van der Waals surface area contributed by atoms with E-state index in [-0.39, 0.29) is 17.6 Å². The van der Waals surface area contributed by atoms with Crippen molar-refractivity contribution in [3.63, 3.8) is 0 Å². The number of hydrogen-bond donors (Lipinski definition) is 1. The van der Waals surface area contributed by atoms with Crippen molar-refractivity contribution in [2.24, 2.45) is 5.92 Å². The molecule has 0 aromatic heterocycles. The molecule has 0 bridgehead atoms. The summed E-state index contributed by atoms with van der Waals surface area (Å²) in [5, 5.41) is 2.91. The van der Waals surface area contributed by atoms with Crippen LogP contribution in [0.25, 0.3) is 0 Å². The van der Waals surface area contributed by atoms with E-state index in [4.69, 9.17) is 4.74 Å². The molecule has 1 heterocycles. The van der Waals surface area contributed by atoms with Crippen molar-refractivity contribution in [2.45, 2.75) is 25.5 Å². The summed E-state index contributed by atoms with van der Waals surface area (Å²) < 4.78 is 32.1. The van der Waals surface area contributed by atoms with Crippen molar-refractivity contribution < 1.29 is 17.9 Å². The predicted molar refractivity (Wildman–Crippen MR) is 110 cm³/mol. The number of nitrogens with zero attached hydrogens (tertiary/aromatic N) is 1. The standard InChI is InChI=1S/C21H26N2O4S/c1-2-27-20-10-8-19(9-11-20)22-21(24)18-12-14-23(15-13-18)28(25,26)16-17-6-4-3-5-7-17/h3-11,18H,2,12-16H2,1H3,(H,22,24). The summed E-state index contributed by atoms with van der Waals surface area (Å²) in [5.41, 5.74) is 1.49. The van der Waals surface area contributed by atoms with E-state index < -0.39 is 10.0 Å². The highest BCUT2D eigenvalue weighted by molar-refractivity contribution is 7.88. The molecule has 3 rings (SSSR count). The molecule has 0 aliphatic carbocycles. The Morgan fingerprint density at radius 2 is 1.71 bits per heavy atom. The molecule has 1 fully saturated rings. The smallest absolute Gasteiger partial charge is 0.227 e. The molecule has 0 saturated carbocycles. The van der Waals surface area contributed by atoms with E-state index >= 15 is 0 Å². The van der Waals surface area contributed by atoms with Crippen LogP contribution in [-0.2, 0) is 20.6 Å². The number of piperidine rings is 1. The van der Waals surface area contributed by atoms with Crippen molar-refractivity contribution in [2.75, 3.05) is 25.0 Å². The fourth-order valence-electron chi connectivity index (χ4n) is 3.32. The maximum Gasteiger partial charge on any atom is 0.227 e. The number of nitrogens with one attached hydrogen (secondary N) is 1. The number of benzene rings is 2. The first-order valence-electron chi connectivity index (χ1n) is 9.53. The monoisotopic (exact) mass is 402 g/mol. The zero-order chi connectivity index (χ0) is 20.0. The molecule has 2 aromatic rings. The van der Waals surface area contributed by atoms with Gasteiger partial charge < -0.3 is 10.1 Å². The lowest BCUT2D eigenvalue weighted by Gasteiger charge is -2.30. The van der Waals surface area contributed by atoms with E-state index in [2.05, 4.69) is 5.32 Å². The third-order valence-corrected chi connectivity index (χ3v) is 6.69. The Labute approximate surface area is 166 Å². The second kappa shape index (κ2) is 9.21. The normalized spacial score (nSPS) is 15.9. The number of amides is 1. The van der Waals surface area contributed by atoms with Crippen LogP contribution in [0.4, 0.5) is 5.69 Å². The Kier molecular flexibility index (Phi) is 6.70. The van der Waals surface area contributed by atoms with E-state index in [9.17, 15) is 13.2 Å². The first kappa shape index (κ1) is 20.4. The van der Waals surface area contributed by atoms with Gasteiger partial charge in [-0.05, 0) is 49.6 Å². The Morgan fingerprint density at radius 1 is 1.07 bits per heavy atom. The van der Waals surface area contributed by atoms with Gasteiger partial charge in [0.05, 0.1) is 12.4 Å². The molecule has 7 heteroatoms. The topological polar surface area (TPSA) is 75.7 Å². The molecule has 1 aliphatic rings. The van der Waals surface area contributed by atoms with Crippen molar-refractivity contribution in [3.05, 3.63) is 60.2 Å². The van der Waals surface area contributed by atoms with Gasteiger partial charge in [-0.3, -0.25) is 4.79 Å². The van der Waals surface area contributed by atoms with Crippen LogP contribution >= 0.6 is 0 Å². The Bertz CT molecular complexity index is 874. The quantitative estimate of drug-likeness (QED) is 0.771. The van der Waals surface area contributed by atoms with E-state index in [1.54, 1.807) is 0 Å². The third kappa shape index (κ3) is 5.33. The summed E-state index contributed by atoms with van der Waals surface area (Å²) >= 11 is 0. The maximum absolute atomic E-state index is 12.6. The fraction of sp³-hybridized carbons (Fsp3) is 0.381. The molecule has 2 aromatic carbocycles. The first-order chi connectivity index (χ1) is 13.5. The zero-order valence-corrected chi connectivity index (χ0v) is 16.8. The minimum Gasteiger partial charge on any atom is -0.494 e. The molecule has 1 N–H and O–H groups in total. The molecular weight excluding hydrogens is 376 g/mol. The van der Waals surface area contributed by atoms with Crippen molar-refractivity contribution in [3.8, 4) is 5.75 Å². The molecule has 1 amide bonds. The van der Waals surface area contributed by atoms with Crippen LogP contribution in [0.1, 0.15) is 25.3 Å². The Hall–Kier alpha value is -2.38. The van der Waals surface area contributed by atoms with Crippen molar-refractivity contribution >= 4 is 21.6 Å². The largest absolute Gasteiger partial charge is 0.494 e. The van der Waals surface area contributed by atoms with Gasteiger partial charge in [-0.25, -0.2) is 12.7 Å². The van der Waals surface area contributed by atoms with Crippen molar-refractivity contribution in [1.29, 1.82) is 0 Å². The van der Waals surface area contributed by atoms with Gasteiger partial charge in [-0.1, -0.05) is 30.3 Å². The number of sulfonamides is 1. The number of hydrogen-bond acceptors (Lipinski definition) is 4. The first-order valence-corrected chi connectivity index (χ1v) is 11.1. The SMILES string of the molecule is CCOc1ccc(NC(=O)C2CCN(S(=O)(=O)Cc3ccccc3)CC2)cc1. The number of carbonyl (C=O) groups excluding carboxylic acids is 1. The van der Waals surface area contributed by atoms with Crippen LogP contribution in [-0.4, -0.2) is 38.3 Å². The summed E-state index contributed by atoms with van der Waals surface area (Å²) in [5.74, 6) is 0.508. The van der Waals surface area contributed by atoms with Gasteiger partial charge in [-0.15, -0.1) is 0 Å². The van der Waals surface area contributed by atoms with Crippen LogP contribution < -0.4 is 10.1 Å². The minimum absolute atomic E-state index is 0.00309. The summed E-state index contributed by atoms with van der Waals surface area (Å²) in [7, 11) is -3.37. The van der Waals surface area contributed by atoms with Gasteiger partial charge >= 0.3 is 0 Å². The van der Waals surface area contributed by atoms with Crippen LogP contribution in [0.2, 0.25) is 0 Å². The van der Waals surface area contributed by atoms with Crippen molar-refractivity contribution in [1.82, 2.24) is 4.31 Å². The lowest BCUT2D eigenvalue weighted by molar-refractivity contribution is -0.120. The lowest BCUT2D eigenvalue weighted by atomic mass is 9.97. The highest BCUT2D eigenvalue weighted by Gasteiger charge is 2.31. The van der Waals surface area contributed by atoms with Gasteiger partial charge in [0, 0.05) is 24.7 Å². The van der Waals surface area contributed by atoms with Crippen LogP contribution in [0.5, 0.6) is 5.75 Å². The van der Waals surface area contributed by atoms with Gasteiger partial charge in [0.2, 0.25) is 15.9 Å². The molecule has 6 nitrogen and oxygen atoms in total. The van der Waals surface area contributed by atoms with Gasteiger partial charge in [0.25, 0.3) is 0 Å². The Morgan fingerprint density at radius 3 is 2.32 bits per heavy atom. The highest BCUT2D eigenvalue weighted by atomic mass is 32.2. The maximum atomic E-state index is 12.6. The van der Waals surface area contributed by atoms with E-state index in [0.717, 1.165) is 11.3 Å². The molecule has 28 heavy (non-hydrogen) atoms. The number of carbonyl (C=O) groups is 1. The van der Waals surface area contributed by atoms with Gasteiger partial charge in [0.15, 0.2) is 0 Å². The third-order valence-electron chi connectivity index (χ3n) is 4.84. The summed E-state index contributed by atoms with van der Waals surface area (Å²) in [6, 6.07) is 16.4. The molecule has 0 atom stereocenters. The molecule has 0 radical (unpaired) electrons. The van der Waals surface area contributed by atoms with E-state index in [1.165, 1.54) is 4.31 Å². The number of anilines is 1. The fourth-order valence-corrected chi connectivity index (χ4v) is 4.88. The van der Waals surface area contributed by atoms with Crippen LogP contribution in [0, 0.1) is 5.92 Å². The molecule has 150 valence electrons. The van der Waals surface area contributed by atoms with E-state index in [0.29, 0.717) is 38.2 Å². The zero-order valence-electron chi connectivity index (χ0n) is 16.0. The number of rotatable bonds is 7. The Balaban J connectivity index is 1.52. The second-order valence-corrected chi connectivity index (χ2v) is 8.83. The average Bonchev–Trinajstić information content (AvgIpc) is 2.70. The summed E-state index contributed by atoms with van der Waals surface area (Å²) in [4.78, 5) is 12.5. The molecule has 0 spiro atoms. The minimum atomic E-state index is -3.37. The van der Waals surface area contributed by atoms with E-state index in [1.807, 2.05) is 61.5 Å². The predicted octanol–water partition coefficient (Wildman–Crippen LogP) is 3.27. The van der Waals surface area contributed by atoms with Gasteiger partial charge in [0.1, 0.15) is 5.75 Å². The average molecular weight is 403 g/mol. The second-order valence-electron chi connectivity index (χ2n) is 6.86. The van der Waals surface area contributed by atoms with Gasteiger partial charge in [-0.2, -0.15) is 0 Å². The highest BCUT2D eigenvalue weighted by Crippen LogP contribution is 2.24. The lowest BCUT2D eigenvalue weighted by Crippen LogP contribution is -2.41. The summed E-state index contributed by atoms with van der Waals surface area (Å²) in [6.45, 7) is 3.26. The molecular formula is C21H26N2O4S. The van der Waals surface area contributed by atoms with Crippen LogP contribution in [0.15, 0.2) is 54.6 Å². The summed E-state index contributed by atoms with van der Waals surface area (Å²) in [6.07, 6.45) is 1.05. The van der Waals surface area contributed by atoms with Crippen LogP contribution in [0.3, 0.4) is 0 Å². The molecule has 1 saturated heterocycles.